The van der Waals surface area contributed by atoms with Crippen LogP contribution in [0, 0.1) is 0 Å². The van der Waals surface area contributed by atoms with Gasteiger partial charge in [0.15, 0.2) is 0 Å². The molecule has 1 aliphatic carbocycles. The van der Waals surface area contributed by atoms with E-state index in [1.807, 2.05) is 38.1 Å². The van der Waals surface area contributed by atoms with E-state index in [0.717, 1.165) is 30.6 Å². The number of benzene rings is 2. The number of hydrogen-bond acceptors (Lipinski definition) is 3. The van der Waals surface area contributed by atoms with Crippen molar-refractivity contribution in [3.63, 3.8) is 0 Å². The molecule has 0 saturated carbocycles. The van der Waals surface area contributed by atoms with Crippen LogP contribution in [0.3, 0.4) is 0 Å². The molecule has 2 aromatic rings. The Balaban J connectivity index is 1.72. The average Bonchev–Trinajstić information content (AvgIpc) is 3.04. The first-order valence-electron chi connectivity index (χ1n) is 9.72. The fraction of sp³-hybridized carbons (Fsp3) is 0.435. The zero-order valence-electron chi connectivity index (χ0n) is 16.3. The average molecular weight is 368 g/mol. The van der Waals surface area contributed by atoms with Crippen LogP contribution in [0.5, 0.6) is 5.75 Å². The number of aryl methyl sites for hydroxylation is 1. The van der Waals surface area contributed by atoms with Crippen molar-refractivity contribution in [1.29, 1.82) is 0 Å². The second-order valence-corrected chi connectivity index (χ2v) is 7.32. The lowest BCUT2D eigenvalue weighted by molar-refractivity contribution is -0.141. The lowest BCUT2D eigenvalue weighted by Gasteiger charge is -2.20. The standard InChI is InChI=1S/C23H28O4/c1-4-16-6-5-7-20-19(16)12-13-21(20)27-18-10-8-17(9-11-18)22(14-23(24)25)26-15(2)3/h5-11,15,21-22H,4,12-14H2,1-3H3,(H,24,25)/t21?,22-/m0/s1. The van der Waals surface area contributed by atoms with Crippen molar-refractivity contribution in [1.82, 2.24) is 0 Å². The van der Waals surface area contributed by atoms with Crippen molar-refractivity contribution in [3.05, 3.63) is 64.7 Å². The summed E-state index contributed by atoms with van der Waals surface area (Å²) < 4.78 is 12.0. The molecule has 0 heterocycles. The Kier molecular flexibility index (Phi) is 6.17. The van der Waals surface area contributed by atoms with E-state index in [-0.39, 0.29) is 18.6 Å². The largest absolute Gasteiger partial charge is 0.486 e. The van der Waals surface area contributed by atoms with Crippen molar-refractivity contribution >= 4 is 5.97 Å². The molecule has 0 aromatic heterocycles. The van der Waals surface area contributed by atoms with Crippen LogP contribution in [0.15, 0.2) is 42.5 Å². The van der Waals surface area contributed by atoms with Crippen molar-refractivity contribution in [2.75, 3.05) is 0 Å². The molecule has 0 spiro atoms. The predicted molar refractivity (Wildman–Crippen MR) is 105 cm³/mol. The monoisotopic (exact) mass is 368 g/mol. The minimum Gasteiger partial charge on any atom is -0.486 e. The van der Waals surface area contributed by atoms with Crippen LogP contribution in [0.25, 0.3) is 0 Å². The van der Waals surface area contributed by atoms with E-state index in [9.17, 15) is 4.79 Å². The Morgan fingerprint density at radius 3 is 2.56 bits per heavy atom. The quantitative estimate of drug-likeness (QED) is 0.691. The summed E-state index contributed by atoms with van der Waals surface area (Å²) >= 11 is 0. The summed E-state index contributed by atoms with van der Waals surface area (Å²) in [7, 11) is 0. The third-order valence-electron chi connectivity index (χ3n) is 5.02. The molecule has 2 aromatic carbocycles. The molecule has 2 atom stereocenters. The summed E-state index contributed by atoms with van der Waals surface area (Å²) in [4.78, 5) is 11.1. The van der Waals surface area contributed by atoms with Gasteiger partial charge >= 0.3 is 5.97 Å². The third-order valence-corrected chi connectivity index (χ3v) is 5.02. The summed E-state index contributed by atoms with van der Waals surface area (Å²) in [5.41, 5.74) is 5.01. The van der Waals surface area contributed by atoms with Crippen molar-refractivity contribution in [3.8, 4) is 5.75 Å². The lowest BCUT2D eigenvalue weighted by atomic mass is 10.0. The van der Waals surface area contributed by atoms with E-state index in [4.69, 9.17) is 14.6 Å². The van der Waals surface area contributed by atoms with Crippen LogP contribution in [-0.2, 0) is 22.4 Å². The molecule has 0 aliphatic heterocycles. The summed E-state index contributed by atoms with van der Waals surface area (Å²) in [6.07, 6.45) is 2.65. The fourth-order valence-corrected chi connectivity index (χ4v) is 3.80. The highest BCUT2D eigenvalue weighted by Crippen LogP contribution is 2.37. The molecule has 4 nitrogen and oxygen atoms in total. The number of carbonyl (C=O) groups is 1. The van der Waals surface area contributed by atoms with Crippen LogP contribution in [0.4, 0.5) is 0 Å². The minimum atomic E-state index is -0.865. The Morgan fingerprint density at radius 1 is 1.19 bits per heavy atom. The van der Waals surface area contributed by atoms with E-state index >= 15 is 0 Å². The maximum absolute atomic E-state index is 11.1. The molecule has 0 saturated heterocycles. The molecule has 0 amide bonds. The fourth-order valence-electron chi connectivity index (χ4n) is 3.80. The van der Waals surface area contributed by atoms with Gasteiger partial charge in [-0.1, -0.05) is 37.3 Å². The molecular formula is C23H28O4. The van der Waals surface area contributed by atoms with Gasteiger partial charge in [0.1, 0.15) is 11.9 Å². The van der Waals surface area contributed by atoms with Crippen LogP contribution in [-0.4, -0.2) is 17.2 Å². The number of carboxylic acid groups (broad SMARTS) is 1. The van der Waals surface area contributed by atoms with Gasteiger partial charge in [0.2, 0.25) is 0 Å². The molecule has 144 valence electrons. The van der Waals surface area contributed by atoms with Gasteiger partial charge in [-0.3, -0.25) is 4.79 Å². The van der Waals surface area contributed by atoms with Gasteiger partial charge in [-0.2, -0.15) is 0 Å². The predicted octanol–water partition coefficient (Wildman–Crippen LogP) is 5.26. The number of carboxylic acids is 1. The van der Waals surface area contributed by atoms with Gasteiger partial charge in [0.05, 0.1) is 18.6 Å². The zero-order valence-corrected chi connectivity index (χ0v) is 16.3. The second-order valence-electron chi connectivity index (χ2n) is 7.32. The Bertz CT molecular complexity index is 779. The van der Waals surface area contributed by atoms with Crippen molar-refractivity contribution in [2.45, 2.75) is 64.8 Å². The van der Waals surface area contributed by atoms with Crippen molar-refractivity contribution in [2.24, 2.45) is 0 Å². The highest BCUT2D eigenvalue weighted by molar-refractivity contribution is 5.67. The normalized spacial score (nSPS) is 17.0. The molecule has 0 bridgehead atoms. The first kappa shape index (κ1) is 19.4. The molecule has 0 fully saturated rings. The Hall–Kier alpha value is -2.33. The molecule has 1 N–H and O–H groups in total. The molecular weight excluding hydrogens is 340 g/mol. The maximum atomic E-state index is 11.1. The van der Waals surface area contributed by atoms with Crippen LogP contribution in [0.1, 0.15) is 68.1 Å². The minimum absolute atomic E-state index is 0.0342. The van der Waals surface area contributed by atoms with Gasteiger partial charge in [-0.05, 0) is 67.5 Å². The summed E-state index contributed by atoms with van der Waals surface area (Å²) in [5, 5.41) is 9.13. The van der Waals surface area contributed by atoms with Gasteiger partial charge < -0.3 is 14.6 Å². The summed E-state index contributed by atoms with van der Waals surface area (Å²) in [5.74, 6) is -0.0626. The molecule has 1 unspecified atom stereocenters. The number of aliphatic carboxylic acids is 1. The lowest BCUT2D eigenvalue weighted by Crippen LogP contribution is -2.14. The summed E-state index contributed by atoms with van der Waals surface area (Å²) in [6.45, 7) is 6.01. The van der Waals surface area contributed by atoms with E-state index in [0.29, 0.717) is 0 Å². The third kappa shape index (κ3) is 4.69. The van der Waals surface area contributed by atoms with E-state index in [1.54, 1.807) is 0 Å². The Labute approximate surface area is 161 Å². The Morgan fingerprint density at radius 2 is 1.93 bits per heavy atom. The maximum Gasteiger partial charge on any atom is 0.306 e. The molecule has 0 radical (unpaired) electrons. The molecule has 27 heavy (non-hydrogen) atoms. The molecule has 1 aliphatic rings. The topological polar surface area (TPSA) is 55.8 Å². The number of rotatable bonds is 8. The SMILES string of the molecule is CCc1cccc2c1CCC2Oc1ccc([C@H](CC(=O)O)OC(C)C)cc1. The molecule has 3 rings (SSSR count). The first-order valence-corrected chi connectivity index (χ1v) is 9.72. The van der Waals surface area contributed by atoms with Gasteiger partial charge in [-0.15, -0.1) is 0 Å². The van der Waals surface area contributed by atoms with E-state index in [2.05, 4.69) is 25.1 Å². The van der Waals surface area contributed by atoms with Crippen molar-refractivity contribution < 1.29 is 19.4 Å². The highest BCUT2D eigenvalue weighted by Gasteiger charge is 2.26. The molecule has 4 heteroatoms. The summed E-state index contributed by atoms with van der Waals surface area (Å²) in [6, 6.07) is 14.1. The first-order chi connectivity index (χ1) is 13.0. The van der Waals surface area contributed by atoms with E-state index < -0.39 is 12.1 Å². The van der Waals surface area contributed by atoms with E-state index in [1.165, 1.54) is 16.7 Å². The van der Waals surface area contributed by atoms with Gasteiger partial charge in [0, 0.05) is 0 Å². The highest BCUT2D eigenvalue weighted by atomic mass is 16.5. The van der Waals surface area contributed by atoms with Gasteiger partial charge in [-0.25, -0.2) is 0 Å². The smallest absolute Gasteiger partial charge is 0.306 e. The van der Waals surface area contributed by atoms with Crippen LogP contribution >= 0.6 is 0 Å². The van der Waals surface area contributed by atoms with Gasteiger partial charge in [0.25, 0.3) is 0 Å². The number of hydrogen-bond donors (Lipinski definition) is 1. The second kappa shape index (κ2) is 8.57. The number of ether oxygens (including phenoxy) is 2. The van der Waals surface area contributed by atoms with Crippen LogP contribution in [0.2, 0.25) is 0 Å². The number of fused-ring (bicyclic) bond motifs is 1. The zero-order chi connectivity index (χ0) is 19.4. The van der Waals surface area contributed by atoms with Crippen LogP contribution < -0.4 is 4.74 Å².